The fourth-order valence-electron chi connectivity index (χ4n) is 2.61. The molecule has 0 aliphatic carbocycles. The van der Waals surface area contributed by atoms with E-state index in [0.717, 1.165) is 0 Å². The van der Waals surface area contributed by atoms with Crippen LogP contribution in [0, 0.1) is 0 Å². The summed E-state index contributed by atoms with van der Waals surface area (Å²) in [7, 11) is 0. The number of carbonyl (C=O) groups excluding carboxylic acids is 1. The zero-order valence-corrected chi connectivity index (χ0v) is 14.8. The van der Waals surface area contributed by atoms with Crippen LogP contribution in [0.4, 0.5) is 0 Å². The standard InChI is InChI=1S/C17H24ClN3O2/c1-12(2)20-15(22)17(23,13-5-7-14(18)8-6-13)10-21-9-16(3,4)19-11-21/h5-8,11-12,23H,9-10H2,1-4H3,(H,20,22). The van der Waals surface area contributed by atoms with Crippen molar-refractivity contribution in [2.24, 2.45) is 4.99 Å². The molecule has 1 unspecified atom stereocenters. The summed E-state index contributed by atoms with van der Waals surface area (Å²) in [6, 6.07) is 6.64. The first kappa shape index (κ1) is 17.8. The quantitative estimate of drug-likeness (QED) is 0.865. The van der Waals surface area contributed by atoms with Crippen LogP contribution in [0.25, 0.3) is 0 Å². The zero-order chi connectivity index (χ0) is 17.3. The summed E-state index contributed by atoms with van der Waals surface area (Å²) in [5.74, 6) is -0.423. The van der Waals surface area contributed by atoms with Gasteiger partial charge in [-0.25, -0.2) is 0 Å². The highest BCUT2D eigenvalue weighted by Gasteiger charge is 2.41. The first-order chi connectivity index (χ1) is 10.6. The molecule has 1 aliphatic rings. The number of aliphatic imine (C=N–C) groups is 1. The lowest BCUT2D eigenvalue weighted by molar-refractivity contribution is -0.142. The van der Waals surface area contributed by atoms with E-state index in [2.05, 4.69) is 10.3 Å². The summed E-state index contributed by atoms with van der Waals surface area (Å²) in [5.41, 5.74) is -1.37. The van der Waals surface area contributed by atoms with Gasteiger partial charge in [0.15, 0.2) is 5.60 Å². The Labute approximate surface area is 142 Å². The van der Waals surface area contributed by atoms with Crippen LogP contribution in [0.15, 0.2) is 29.3 Å². The number of nitrogens with zero attached hydrogens (tertiary/aromatic N) is 2. The topological polar surface area (TPSA) is 64.9 Å². The molecule has 0 bridgehead atoms. The molecule has 0 saturated heterocycles. The third-order valence-electron chi connectivity index (χ3n) is 3.71. The minimum atomic E-state index is -1.67. The average molecular weight is 338 g/mol. The maximum absolute atomic E-state index is 12.6. The largest absolute Gasteiger partial charge is 0.374 e. The van der Waals surface area contributed by atoms with Gasteiger partial charge < -0.3 is 15.3 Å². The molecule has 2 rings (SSSR count). The lowest BCUT2D eigenvalue weighted by atomic mass is 9.91. The number of benzene rings is 1. The summed E-state index contributed by atoms with van der Waals surface area (Å²) >= 11 is 5.92. The van der Waals surface area contributed by atoms with Crippen LogP contribution < -0.4 is 5.32 Å². The Morgan fingerprint density at radius 3 is 2.52 bits per heavy atom. The van der Waals surface area contributed by atoms with Gasteiger partial charge in [-0.1, -0.05) is 23.7 Å². The van der Waals surface area contributed by atoms with Crippen LogP contribution in [0.5, 0.6) is 0 Å². The predicted octanol–water partition coefficient (Wildman–Crippen LogP) is 2.17. The molecular formula is C17H24ClN3O2. The Bertz CT molecular complexity index is 598. The van der Waals surface area contributed by atoms with Gasteiger partial charge in [0.05, 0.1) is 18.4 Å². The van der Waals surface area contributed by atoms with Crippen molar-refractivity contribution in [3.8, 4) is 0 Å². The van der Waals surface area contributed by atoms with E-state index in [-0.39, 0.29) is 18.1 Å². The number of rotatable bonds is 5. The van der Waals surface area contributed by atoms with Crippen molar-refractivity contribution in [3.05, 3.63) is 34.9 Å². The number of carbonyl (C=O) groups is 1. The first-order valence-electron chi connectivity index (χ1n) is 7.71. The summed E-state index contributed by atoms with van der Waals surface area (Å²) in [6.45, 7) is 8.54. The molecular weight excluding hydrogens is 314 g/mol. The highest BCUT2D eigenvalue weighted by atomic mass is 35.5. The van der Waals surface area contributed by atoms with Gasteiger partial charge in [0.2, 0.25) is 0 Å². The molecule has 0 radical (unpaired) electrons. The molecule has 1 aromatic rings. The fraction of sp³-hybridized carbons (Fsp3) is 0.529. The van der Waals surface area contributed by atoms with Crippen molar-refractivity contribution in [1.29, 1.82) is 0 Å². The molecule has 1 atom stereocenters. The molecule has 1 aromatic carbocycles. The Hall–Kier alpha value is -1.59. The SMILES string of the molecule is CC(C)NC(=O)C(O)(CN1C=NC(C)(C)C1)c1ccc(Cl)cc1. The second-order valence-electron chi connectivity index (χ2n) is 6.96. The van der Waals surface area contributed by atoms with E-state index >= 15 is 0 Å². The minimum Gasteiger partial charge on any atom is -0.374 e. The Morgan fingerprint density at radius 2 is 2.04 bits per heavy atom. The predicted molar refractivity (Wildman–Crippen MR) is 92.8 cm³/mol. The van der Waals surface area contributed by atoms with Crippen LogP contribution in [-0.2, 0) is 10.4 Å². The molecule has 1 aliphatic heterocycles. The number of β-amino-alcohol motifs (C(OH)–C–C–N with tert-alkyl or cyclic N) is 1. The van der Waals surface area contributed by atoms with E-state index in [1.54, 1.807) is 30.6 Å². The molecule has 23 heavy (non-hydrogen) atoms. The Morgan fingerprint density at radius 1 is 1.43 bits per heavy atom. The minimum absolute atomic E-state index is 0.0648. The molecule has 1 heterocycles. The Kier molecular flexibility index (Phi) is 5.01. The normalized spacial score (nSPS) is 19.0. The molecule has 126 valence electrons. The van der Waals surface area contributed by atoms with Gasteiger partial charge in [0, 0.05) is 17.6 Å². The van der Waals surface area contributed by atoms with E-state index in [9.17, 15) is 9.90 Å². The van der Waals surface area contributed by atoms with Crippen LogP contribution in [-0.4, -0.2) is 46.9 Å². The highest BCUT2D eigenvalue weighted by molar-refractivity contribution is 6.30. The second kappa shape index (κ2) is 6.49. The lowest BCUT2D eigenvalue weighted by Crippen LogP contribution is -2.53. The fourth-order valence-corrected chi connectivity index (χ4v) is 2.73. The van der Waals surface area contributed by atoms with Gasteiger partial charge in [-0.05, 0) is 45.4 Å². The van der Waals surface area contributed by atoms with Gasteiger partial charge in [0.1, 0.15) is 0 Å². The van der Waals surface area contributed by atoms with Gasteiger partial charge >= 0.3 is 0 Å². The maximum atomic E-state index is 12.6. The maximum Gasteiger partial charge on any atom is 0.258 e. The molecule has 6 heteroatoms. The third-order valence-corrected chi connectivity index (χ3v) is 3.96. The molecule has 0 fully saturated rings. The van der Waals surface area contributed by atoms with Gasteiger partial charge in [-0.3, -0.25) is 9.79 Å². The van der Waals surface area contributed by atoms with Crippen LogP contribution in [0.1, 0.15) is 33.3 Å². The summed E-state index contributed by atoms with van der Waals surface area (Å²) in [4.78, 5) is 18.9. The lowest BCUT2D eigenvalue weighted by Gasteiger charge is -2.33. The number of nitrogens with one attached hydrogen (secondary N) is 1. The Balaban J connectivity index is 2.29. The highest BCUT2D eigenvalue weighted by Crippen LogP contribution is 2.27. The number of hydrogen-bond acceptors (Lipinski definition) is 4. The number of hydrogen-bond donors (Lipinski definition) is 2. The average Bonchev–Trinajstić information content (AvgIpc) is 2.77. The first-order valence-corrected chi connectivity index (χ1v) is 8.09. The van der Waals surface area contributed by atoms with E-state index < -0.39 is 11.5 Å². The van der Waals surface area contributed by atoms with Crippen LogP contribution >= 0.6 is 11.6 Å². The summed E-state index contributed by atoms with van der Waals surface area (Å²) < 4.78 is 0. The van der Waals surface area contributed by atoms with E-state index in [1.807, 2.05) is 32.6 Å². The van der Waals surface area contributed by atoms with Gasteiger partial charge in [0.25, 0.3) is 5.91 Å². The smallest absolute Gasteiger partial charge is 0.258 e. The number of halogens is 1. The second-order valence-corrected chi connectivity index (χ2v) is 7.39. The molecule has 2 N–H and O–H groups in total. The third kappa shape index (κ3) is 4.24. The van der Waals surface area contributed by atoms with E-state index in [0.29, 0.717) is 17.1 Å². The van der Waals surface area contributed by atoms with Crippen molar-refractivity contribution >= 4 is 23.8 Å². The van der Waals surface area contributed by atoms with E-state index in [1.165, 1.54) is 0 Å². The molecule has 0 saturated carbocycles. The monoisotopic (exact) mass is 337 g/mol. The van der Waals surface area contributed by atoms with Crippen molar-refractivity contribution in [1.82, 2.24) is 10.2 Å². The molecule has 0 spiro atoms. The molecule has 5 nitrogen and oxygen atoms in total. The van der Waals surface area contributed by atoms with Crippen LogP contribution in [0.3, 0.4) is 0 Å². The van der Waals surface area contributed by atoms with Crippen molar-refractivity contribution < 1.29 is 9.90 Å². The van der Waals surface area contributed by atoms with Crippen molar-refractivity contribution in [3.63, 3.8) is 0 Å². The van der Waals surface area contributed by atoms with E-state index in [4.69, 9.17) is 11.6 Å². The van der Waals surface area contributed by atoms with Crippen molar-refractivity contribution in [2.75, 3.05) is 13.1 Å². The van der Waals surface area contributed by atoms with Gasteiger partial charge in [-0.15, -0.1) is 0 Å². The molecule has 1 amide bonds. The van der Waals surface area contributed by atoms with Crippen LogP contribution in [0.2, 0.25) is 5.02 Å². The number of amides is 1. The number of aliphatic hydroxyl groups is 1. The summed E-state index contributed by atoms with van der Waals surface area (Å²) in [5, 5.41) is 14.5. The van der Waals surface area contributed by atoms with Crippen molar-refractivity contribution in [2.45, 2.75) is 44.9 Å². The summed E-state index contributed by atoms with van der Waals surface area (Å²) in [6.07, 6.45) is 1.70. The molecule has 0 aromatic heterocycles. The zero-order valence-electron chi connectivity index (χ0n) is 14.0. The van der Waals surface area contributed by atoms with Gasteiger partial charge in [-0.2, -0.15) is 0 Å².